The number of benzene rings is 1. The third-order valence-corrected chi connectivity index (χ3v) is 4.02. The number of amides is 1. The van der Waals surface area contributed by atoms with Crippen LogP contribution in [-0.4, -0.2) is 25.7 Å². The van der Waals surface area contributed by atoms with Crippen LogP contribution in [-0.2, 0) is 4.79 Å². The van der Waals surface area contributed by atoms with E-state index >= 15 is 0 Å². The number of hydrogen-bond donors (Lipinski definition) is 1. The standard InChI is InChI=1S/C14H15N5OS/c1-2-3-4-12(20)16-11-7-5-10(6-8-11)13-18-19-9-15-17-14(19)21-13/h5-9H,2-4H2,1H3,(H,16,20). The first kappa shape index (κ1) is 13.7. The van der Waals surface area contributed by atoms with Crippen LogP contribution in [0, 0.1) is 0 Å². The molecule has 3 aromatic rings. The van der Waals surface area contributed by atoms with Crippen LogP contribution in [0.15, 0.2) is 30.6 Å². The highest BCUT2D eigenvalue weighted by atomic mass is 32.1. The minimum absolute atomic E-state index is 0.0587. The van der Waals surface area contributed by atoms with Crippen molar-refractivity contribution in [1.82, 2.24) is 19.8 Å². The van der Waals surface area contributed by atoms with Gasteiger partial charge in [-0.3, -0.25) is 4.79 Å². The molecule has 0 bridgehead atoms. The second-order valence-corrected chi connectivity index (χ2v) is 5.65. The molecule has 3 rings (SSSR count). The molecule has 2 aromatic heterocycles. The van der Waals surface area contributed by atoms with Crippen molar-refractivity contribution in [2.75, 3.05) is 5.32 Å². The number of rotatable bonds is 5. The van der Waals surface area contributed by atoms with E-state index in [0.717, 1.165) is 34.1 Å². The fourth-order valence-electron chi connectivity index (χ4n) is 1.93. The summed E-state index contributed by atoms with van der Waals surface area (Å²) in [6, 6.07) is 7.67. The maximum atomic E-state index is 11.7. The lowest BCUT2D eigenvalue weighted by molar-refractivity contribution is -0.116. The summed E-state index contributed by atoms with van der Waals surface area (Å²) in [6.07, 6.45) is 4.08. The number of aromatic nitrogens is 4. The van der Waals surface area contributed by atoms with E-state index in [0.29, 0.717) is 6.42 Å². The molecule has 6 nitrogen and oxygen atoms in total. The Kier molecular flexibility index (Phi) is 3.92. The molecule has 7 heteroatoms. The molecule has 0 unspecified atom stereocenters. The van der Waals surface area contributed by atoms with E-state index in [1.165, 1.54) is 11.3 Å². The van der Waals surface area contributed by atoms with E-state index < -0.39 is 0 Å². The van der Waals surface area contributed by atoms with Gasteiger partial charge in [0, 0.05) is 17.7 Å². The van der Waals surface area contributed by atoms with E-state index in [-0.39, 0.29) is 5.91 Å². The molecular formula is C14H15N5OS. The number of unbranched alkanes of at least 4 members (excludes halogenated alkanes) is 1. The summed E-state index contributed by atoms with van der Waals surface area (Å²) in [5.41, 5.74) is 1.81. The summed E-state index contributed by atoms with van der Waals surface area (Å²) in [7, 11) is 0. The van der Waals surface area contributed by atoms with Crippen LogP contribution in [0.5, 0.6) is 0 Å². The molecule has 0 radical (unpaired) electrons. The van der Waals surface area contributed by atoms with Gasteiger partial charge in [-0.15, -0.1) is 10.2 Å². The quantitative estimate of drug-likeness (QED) is 0.786. The van der Waals surface area contributed by atoms with E-state index in [4.69, 9.17) is 0 Å². The van der Waals surface area contributed by atoms with Gasteiger partial charge in [-0.1, -0.05) is 24.7 Å². The largest absolute Gasteiger partial charge is 0.326 e. The van der Waals surface area contributed by atoms with Crippen molar-refractivity contribution in [2.24, 2.45) is 0 Å². The molecule has 0 saturated carbocycles. The number of nitrogens with one attached hydrogen (secondary N) is 1. The smallest absolute Gasteiger partial charge is 0.234 e. The Balaban J connectivity index is 1.71. The highest BCUT2D eigenvalue weighted by molar-refractivity contribution is 7.19. The van der Waals surface area contributed by atoms with Crippen LogP contribution in [0.2, 0.25) is 0 Å². The third-order valence-electron chi connectivity index (χ3n) is 3.06. The SMILES string of the molecule is CCCCC(=O)Nc1ccc(-c2nn3cnnc3s2)cc1. The second-order valence-electron chi connectivity index (χ2n) is 4.69. The topological polar surface area (TPSA) is 72.2 Å². The van der Waals surface area contributed by atoms with Gasteiger partial charge in [0.05, 0.1) is 0 Å². The van der Waals surface area contributed by atoms with Crippen molar-refractivity contribution >= 4 is 27.9 Å². The van der Waals surface area contributed by atoms with Crippen LogP contribution >= 0.6 is 11.3 Å². The first-order chi connectivity index (χ1) is 10.3. The molecule has 1 N–H and O–H groups in total. The van der Waals surface area contributed by atoms with Crippen LogP contribution in [0.1, 0.15) is 26.2 Å². The zero-order chi connectivity index (χ0) is 14.7. The van der Waals surface area contributed by atoms with Crippen LogP contribution in [0.4, 0.5) is 5.69 Å². The number of hydrogen-bond acceptors (Lipinski definition) is 5. The Morgan fingerprint density at radius 1 is 1.33 bits per heavy atom. The number of carbonyl (C=O) groups excluding carboxylic acids is 1. The van der Waals surface area contributed by atoms with E-state index in [1.54, 1.807) is 10.8 Å². The number of carbonyl (C=O) groups is 1. The maximum Gasteiger partial charge on any atom is 0.234 e. The van der Waals surface area contributed by atoms with Gasteiger partial charge in [-0.05, 0) is 30.7 Å². The molecule has 0 saturated heterocycles. The monoisotopic (exact) mass is 301 g/mol. The lowest BCUT2D eigenvalue weighted by Gasteiger charge is -2.05. The van der Waals surface area contributed by atoms with Gasteiger partial charge in [-0.25, -0.2) is 0 Å². The Morgan fingerprint density at radius 2 is 2.14 bits per heavy atom. The lowest BCUT2D eigenvalue weighted by Crippen LogP contribution is -2.10. The first-order valence-electron chi connectivity index (χ1n) is 6.83. The summed E-state index contributed by atoms with van der Waals surface area (Å²) < 4.78 is 1.65. The molecule has 1 aromatic carbocycles. The van der Waals surface area contributed by atoms with E-state index in [1.807, 2.05) is 24.3 Å². The van der Waals surface area contributed by atoms with Crippen LogP contribution in [0.25, 0.3) is 15.5 Å². The predicted molar refractivity (Wildman–Crippen MR) is 82.2 cm³/mol. The highest BCUT2D eigenvalue weighted by Crippen LogP contribution is 2.25. The van der Waals surface area contributed by atoms with Gasteiger partial charge in [0.15, 0.2) is 0 Å². The second kappa shape index (κ2) is 6.01. The third kappa shape index (κ3) is 3.08. The molecule has 2 heterocycles. The molecule has 21 heavy (non-hydrogen) atoms. The van der Waals surface area contributed by atoms with Gasteiger partial charge in [0.25, 0.3) is 0 Å². The summed E-state index contributed by atoms with van der Waals surface area (Å²) in [5.74, 6) is 0.0587. The van der Waals surface area contributed by atoms with Crippen molar-refractivity contribution in [3.05, 3.63) is 30.6 Å². The summed E-state index contributed by atoms with van der Waals surface area (Å²) in [4.78, 5) is 12.4. The molecule has 0 aliphatic heterocycles. The minimum atomic E-state index is 0.0587. The number of nitrogens with zero attached hydrogens (tertiary/aromatic N) is 4. The van der Waals surface area contributed by atoms with Crippen molar-refractivity contribution in [2.45, 2.75) is 26.2 Å². The average Bonchev–Trinajstić information content (AvgIpc) is 3.07. The summed E-state index contributed by atoms with van der Waals surface area (Å²) in [5, 5.41) is 15.9. The van der Waals surface area contributed by atoms with Gasteiger partial charge in [0.2, 0.25) is 10.9 Å². The molecule has 1 amide bonds. The van der Waals surface area contributed by atoms with Crippen molar-refractivity contribution in [3.63, 3.8) is 0 Å². The molecular weight excluding hydrogens is 286 g/mol. The molecule has 0 aliphatic carbocycles. The Bertz CT molecular complexity index is 718. The summed E-state index contributed by atoms with van der Waals surface area (Å²) >= 11 is 1.48. The molecule has 0 atom stereocenters. The van der Waals surface area contributed by atoms with Crippen LogP contribution in [0.3, 0.4) is 0 Å². The number of anilines is 1. The lowest BCUT2D eigenvalue weighted by atomic mass is 10.2. The van der Waals surface area contributed by atoms with Crippen molar-refractivity contribution < 1.29 is 4.79 Å². The fourth-order valence-corrected chi connectivity index (χ4v) is 2.76. The highest BCUT2D eigenvalue weighted by Gasteiger charge is 2.08. The van der Waals surface area contributed by atoms with Crippen LogP contribution < -0.4 is 5.32 Å². The fraction of sp³-hybridized carbons (Fsp3) is 0.286. The Labute approximate surface area is 125 Å². The molecule has 0 fully saturated rings. The maximum absolute atomic E-state index is 11.7. The molecule has 0 spiro atoms. The minimum Gasteiger partial charge on any atom is -0.326 e. The molecule has 108 valence electrons. The van der Waals surface area contributed by atoms with Gasteiger partial charge in [-0.2, -0.15) is 9.61 Å². The molecule has 0 aliphatic rings. The normalized spacial score (nSPS) is 10.9. The van der Waals surface area contributed by atoms with Gasteiger partial charge >= 0.3 is 0 Å². The van der Waals surface area contributed by atoms with Crippen molar-refractivity contribution in [1.29, 1.82) is 0 Å². The number of fused-ring (bicyclic) bond motifs is 1. The predicted octanol–water partition coefficient (Wildman–Crippen LogP) is 2.98. The van der Waals surface area contributed by atoms with Gasteiger partial charge < -0.3 is 5.32 Å². The Hall–Kier alpha value is -2.28. The van der Waals surface area contributed by atoms with Gasteiger partial charge in [0.1, 0.15) is 11.3 Å². The van der Waals surface area contributed by atoms with Crippen molar-refractivity contribution in [3.8, 4) is 10.6 Å². The average molecular weight is 301 g/mol. The first-order valence-corrected chi connectivity index (χ1v) is 7.65. The zero-order valence-corrected chi connectivity index (χ0v) is 12.4. The zero-order valence-electron chi connectivity index (χ0n) is 11.6. The van der Waals surface area contributed by atoms with E-state index in [9.17, 15) is 4.79 Å². The summed E-state index contributed by atoms with van der Waals surface area (Å²) in [6.45, 7) is 2.07. The van der Waals surface area contributed by atoms with E-state index in [2.05, 4.69) is 27.5 Å². The Morgan fingerprint density at radius 3 is 2.86 bits per heavy atom.